The predicted octanol–water partition coefficient (Wildman–Crippen LogP) is 0.183. The number of aryl methyl sites for hydroxylation is 1. The monoisotopic (exact) mass is 249 g/mol. The summed E-state index contributed by atoms with van der Waals surface area (Å²) < 4.78 is 0. The van der Waals surface area contributed by atoms with Crippen LogP contribution < -0.4 is 5.32 Å². The molecule has 0 aliphatic carbocycles. The lowest BCUT2D eigenvalue weighted by Gasteiger charge is -2.34. The summed E-state index contributed by atoms with van der Waals surface area (Å²) in [5.41, 5.74) is -0.125. The highest BCUT2D eigenvalue weighted by Crippen LogP contribution is 2.40. The molecular weight excluding hydrogens is 230 g/mol. The fourth-order valence-electron chi connectivity index (χ4n) is 3.33. The van der Waals surface area contributed by atoms with Gasteiger partial charge in [-0.1, -0.05) is 0 Å². The van der Waals surface area contributed by atoms with Crippen LogP contribution in [0, 0.1) is 18.8 Å². The van der Waals surface area contributed by atoms with Crippen molar-refractivity contribution in [3.63, 3.8) is 0 Å². The van der Waals surface area contributed by atoms with Crippen LogP contribution in [0.5, 0.6) is 0 Å². The Kier molecular flexibility index (Phi) is 2.45. The number of aromatic amines is 1. The van der Waals surface area contributed by atoms with Gasteiger partial charge in [-0.25, -0.2) is 4.98 Å². The number of nitrogens with one attached hydrogen (secondary N) is 2. The zero-order chi connectivity index (χ0) is 12.9. The van der Waals surface area contributed by atoms with Crippen LogP contribution in [-0.4, -0.2) is 51.2 Å². The van der Waals surface area contributed by atoms with Crippen molar-refractivity contribution in [2.75, 3.05) is 19.6 Å². The van der Waals surface area contributed by atoms with Crippen molar-refractivity contribution in [2.24, 2.45) is 11.8 Å². The van der Waals surface area contributed by atoms with E-state index in [4.69, 9.17) is 0 Å². The lowest BCUT2D eigenvalue weighted by atomic mass is 9.85. The van der Waals surface area contributed by atoms with Crippen LogP contribution in [-0.2, 0) is 0 Å². The SMILES string of the molecule is Cc1nc(C(=O)N2CC3CNCC3C2(C)C)n[nH]1. The van der Waals surface area contributed by atoms with Crippen molar-refractivity contribution in [3.8, 4) is 0 Å². The van der Waals surface area contributed by atoms with E-state index in [2.05, 4.69) is 34.3 Å². The van der Waals surface area contributed by atoms with Crippen molar-refractivity contribution in [1.82, 2.24) is 25.4 Å². The molecular formula is C12H19N5O. The van der Waals surface area contributed by atoms with Gasteiger partial charge in [0, 0.05) is 25.2 Å². The fourth-order valence-corrected chi connectivity index (χ4v) is 3.33. The first-order chi connectivity index (χ1) is 8.50. The maximum absolute atomic E-state index is 12.5. The van der Waals surface area contributed by atoms with E-state index in [1.807, 2.05) is 4.90 Å². The van der Waals surface area contributed by atoms with Gasteiger partial charge in [0.1, 0.15) is 5.82 Å². The van der Waals surface area contributed by atoms with Gasteiger partial charge in [-0.3, -0.25) is 9.89 Å². The van der Waals surface area contributed by atoms with E-state index >= 15 is 0 Å². The lowest BCUT2D eigenvalue weighted by molar-refractivity contribution is 0.0591. The van der Waals surface area contributed by atoms with E-state index in [1.54, 1.807) is 6.92 Å². The van der Waals surface area contributed by atoms with Gasteiger partial charge >= 0.3 is 0 Å². The number of carbonyl (C=O) groups is 1. The van der Waals surface area contributed by atoms with Crippen molar-refractivity contribution >= 4 is 5.91 Å². The maximum atomic E-state index is 12.5. The van der Waals surface area contributed by atoms with Crippen LogP contribution in [0.3, 0.4) is 0 Å². The second-order valence-corrected chi connectivity index (χ2v) is 5.84. The fraction of sp³-hybridized carbons (Fsp3) is 0.750. The number of likely N-dealkylation sites (tertiary alicyclic amines) is 1. The summed E-state index contributed by atoms with van der Waals surface area (Å²) >= 11 is 0. The average Bonchev–Trinajstić information content (AvgIpc) is 2.96. The molecule has 2 saturated heterocycles. The molecule has 0 radical (unpaired) electrons. The van der Waals surface area contributed by atoms with Crippen LogP contribution in [0.25, 0.3) is 0 Å². The molecule has 2 atom stereocenters. The van der Waals surface area contributed by atoms with E-state index in [0.29, 0.717) is 17.7 Å². The maximum Gasteiger partial charge on any atom is 0.293 e. The Morgan fingerprint density at radius 3 is 2.83 bits per heavy atom. The zero-order valence-corrected chi connectivity index (χ0v) is 11.0. The zero-order valence-electron chi connectivity index (χ0n) is 11.0. The number of hydrogen-bond acceptors (Lipinski definition) is 4. The van der Waals surface area contributed by atoms with Gasteiger partial charge in [0.2, 0.25) is 5.82 Å². The van der Waals surface area contributed by atoms with Gasteiger partial charge in [0.15, 0.2) is 0 Å². The Hall–Kier alpha value is -1.43. The van der Waals surface area contributed by atoms with Gasteiger partial charge in [0.05, 0.1) is 0 Å². The molecule has 6 heteroatoms. The second kappa shape index (κ2) is 3.78. The molecule has 98 valence electrons. The Bertz CT molecular complexity index is 481. The summed E-state index contributed by atoms with van der Waals surface area (Å²) in [6, 6.07) is 0. The molecule has 1 aromatic heterocycles. The third-order valence-corrected chi connectivity index (χ3v) is 4.39. The minimum Gasteiger partial charge on any atom is -0.330 e. The molecule has 1 amide bonds. The van der Waals surface area contributed by atoms with Gasteiger partial charge < -0.3 is 10.2 Å². The van der Waals surface area contributed by atoms with Gasteiger partial charge in [-0.15, -0.1) is 5.10 Å². The van der Waals surface area contributed by atoms with Crippen LogP contribution in [0.15, 0.2) is 0 Å². The second-order valence-electron chi connectivity index (χ2n) is 5.84. The molecule has 18 heavy (non-hydrogen) atoms. The lowest BCUT2D eigenvalue weighted by Crippen LogP contribution is -2.47. The number of nitrogens with zero attached hydrogens (tertiary/aromatic N) is 3. The third kappa shape index (κ3) is 1.55. The van der Waals surface area contributed by atoms with Crippen molar-refractivity contribution in [2.45, 2.75) is 26.3 Å². The first-order valence-corrected chi connectivity index (χ1v) is 6.42. The molecule has 2 fully saturated rings. The Labute approximate surface area is 106 Å². The highest BCUT2D eigenvalue weighted by atomic mass is 16.2. The highest BCUT2D eigenvalue weighted by Gasteiger charge is 2.51. The molecule has 0 spiro atoms. The summed E-state index contributed by atoms with van der Waals surface area (Å²) in [7, 11) is 0. The van der Waals surface area contributed by atoms with Gasteiger partial charge in [-0.05, 0) is 32.6 Å². The topological polar surface area (TPSA) is 73.9 Å². The van der Waals surface area contributed by atoms with Gasteiger partial charge in [0.25, 0.3) is 5.91 Å². The molecule has 3 heterocycles. The van der Waals surface area contributed by atoms with Crippen molar-refractivity contribution < 1.29 is 4.79 Å². The first-order valence-electron chi connectivity index (χ1n) is 6.42. The minimum atomic E-state index is -0.125. The highest BCUT2D eigenvalue weighted by molar-refractivity contribution is 5.91. The number of carbonyl (C=O) groups excluding carboxylic acids is 1. The van der Waals surface area contributed by atoms with E-state index in [9.17, 15) is 4.79 Å². The summed E-state index contributed by atoms with van der Waals surface area (Å²) in [6.45, 7) is 8.89. The van der Waals surface area contributed by atoms with Crippen LogP contribution in [0.2, 0.25) is 0 Å². The van der Waals surface area contributed by atoms with E-state index in [0.717, 1.165) is 19.6 Å². The molecule has 0 saturated carbocycles. The predicted molar refractivity (Wildman–Crippen MR) is 66.1 cm³/mol. The molecule has 0 aromatic carbocycles. The average molecular weight is 249 g/mol. The summed E-state index contributed by atoms with van der Waals surface area (Å²) in [6.07, 6.45) is 0. The minimum absolute atomic E-state index is 0.0567. The van der Waals surface area contributed by atoms with Gasteiger partial charge in [-0.2, -0.15) is 0 Å². The van der Waals surface area contributed by atoms with Crippen LogP contribution in [0.1, 0.15) is 30.3 Å². The molecule has 0 bridgehead atoms. The number of aromatic nitrogens is 3. The van der Waals surface area contributed by atoms with E-state index < -0.39 is 0 Å². The van der Waals surface area contributed by atoms with E-state index in [1.165, 1.54) is 0 Å². The number of H-pyrrole nitrogens is 1. The quantitative estimate of drug-likeness (QED) is 0.745. The first kappa shape index (κ1) is 11.6. The Morgan fingerprint density at radius 1 is 1.44 bits per heavy atom. The van der Waals surface area contributed by atoms with Crippen LogP contribution >= 0.6 is 0 Å². The number of amides is 1. The molecule has 3 rings (SSSR count). The summed E-state index contributed by atoms with van der Waals surface area (Å²) in [5, 5.41) is 10.1. The molecule has 1 aromatic rings. The van der Waals surface area contributed by atoms with Crippen molar-refractivity contribution in [3.05, 3.63) is 11.6 Å². The number of hydrogen-bond donors (Lipinski definition) is 2. The third-order valence-electron chi connectivity index (χ3n) is 4.39. The smallest absolute Gasteiger partial charge is 0.293 e. The number of fused-ring (bicyclic) bond motifs is 1. The standard InChI is InChI=1S/C12H19N5O/c1-7-14-10(16-15-7)11(18)17-6-8-4-13-5-9(8)12(17,2)3/h8-9,13H,4-6H2,1-3H3,(H,14,15,16). The summed E-state index contributed by atoms with van der Waals surface area (Å²) in [5.74, 6) is 2.00. The molecule has 2 aliphatic heterocycles. The molecule has 2 aliphatic rings. The normalized spacial score (nSPS) is 29.6. The number of rotatable bonds is 1. The van der Waals surface area contributed by atoms with Crippen LogP contribution in [0.4, 0.5) is 0 Å². The summed E-state index contributed by atoms with van der Waals surface area (Å²) in [4.78, 5) is 18.5. The Morgan fingerprint density at radius 2 is 2.22 bits per heavy atom. The molecule has 2 unspecified atom stereocenters. The Balaban J connectivity index is 1.87. The van der Waals surface area contributed by atoms with E-state index in [-0.39, 0.29) is 17.3 Å². The molecule has 6 nitrogen and oxygen atoms in total. The largest absolute Gasteiger partial charge is 0.330 e. The van der Waals surface area contributed by atoms with Crippen molar-refractivity contribution in [1.29, 1.82) is 0 Å². The molecule has 2 N–H and O–H groups in total.